The van der Waals surface area contributed by atoms with Gasteiger partial charge in [0, 0.05) is 11.4 Å². The van der Waals surface area contributed by atoms with Crippen LogP contribution in [0.1, 0.15) is 10.4 Å². The van der Waals surface area contributed by atoms with Gasteiger partial charge in [-0.2, -0.15) is 0 Å². The third-order valence-electron chi connectivity index (χ3n) is 2.64. The van der Waals surface area contributed by atoms with Crippen molar-refractivity contribution in [1.82, 2.24) is 0 Å². The minimum absolute atomic E-state index is 0.201. The van der Waals surface area contributed by atoms with E-state index in [0.29, 0.717) is 5.69 Å². The number of amides is 1. The fourth-order valence-electron chi connectivity index (χ4n) is 1.62. The number of hydrogen-bond acceptors (Lipinski definition) is 4. The first-order valence-electron chi connectivity index (χ1n) is 6.13. The third-order valence-corrected chi connectivity index (χ3v) is 2.64. The van der Waals surface area contributed by atoms with E-state index < -0.39 is 24.3 Å². The molecule has 0 radical (unpaired) electrons. The molecule has 2 aromatic carbocycles. The summed E-state index contributed by atoms with van der Waals surface area (Å²) >= 11 is 0. The second-order valence-corrected chi connectivity index (χ2v) is 4.22. The van der Waals surface area contributed by atoms with Crippen molar-refractivity contribution in [2.45, 2.75) is 0 Å². The van der Waals surface area contributed by atoms with Crippen LogP contribution in [0.3, 0.4) is 0 Å². The van der Waals surface area contributed by atoms with Gasteiger partial charge in [-0.1, -0.05) is 12.1 Å². The number of halogens is 1. The summed E-state index contributed by atoms with van der Waals surface area (Å²) in [5.41, 5.74) is 6.52. The predicted molar refractivity (Wildman–Crippen MR) is 76.2 cm³/mol. The lowest BCUT2D eigenvalue weighted by Crippen LogP contribution is -2.21. The monoisotopic (exact) mass is 288 g/mol. The Balaban J connectivity index is 1.88. The highest BCUT2D eigenvalue weighted by molar-refractivity contribution is 5.98. The van der Waals surface area contributed by atoms with E-state index >= 15 is 0 Å². The van der Waals surface area contributed by atoms with Crippen LogP contribution in [0.5, 0.6) is 0 Å². The van der Waals surface area contributed by atoms with E-state index in [9.17, 15) is 14.0 Å². The molecule has 2 aromatic rings. The van der Waals surface area contributed by atoms with Crippen molar-refractivity contribution in [3.63, 3.8) is 0 Å². The molecule has 0 spiro atoms. The van der Waals surface area contributed by atoms with Gasteiger partial charge in [0.15, 0.2) is 6.61 Å². The number of ether oxygens (including phenoxy) is 1. The van der Waals surface area contributed by atoms with Gasteiger partial charge in [0.25, 0.3) is 5.91 Å². The van der Waals surface area contributed by atoms with Gasteiger partial charge in [-0.25, -0.2) is 9.18 Å². The number of rotatable bonds is 4. The molecule has 0 bridgehead atoms. The highest BCUT2D eigenvalue weighted by Gasteiger charge is 2.12. The highest BCUT2D eigenvalue weighted by atomic mass is 19.1. The number of benzene rings is 2. The Morgan fingerprint density at radius 1 is 1.10 bits per heavy atom. The minimum Gasteiger partial charge on any atom is -0.452 e. The fraction of sp³-hybridized carbons (Fsp3) is 0.0667. The fourth-order valence-corrected chi connectivity index (χ4v) is 1.62. The molecular formula is C15H13FN2O3. The van der Waals surface area contributed by atoms with Gasteiger partial charge in [-0.15, -0.1) is 0 Å². The summed E-state index contributed by atoms with van der Waals surface area (Å²) < 4.78 is 17.6. The molecule has 0 aromatic heterocycles. The molecule has 5 nitrogen and oxygen atoms in total. The van der Waals surface area contributed by atoms with E-state index in [2.05, 4.69) is 5.32 Å². The molecule has 6 heteroatoms. The van der Waals surface area contributed by atoms with Crippen LogP contribution in [0, 0.1) is 5.82 Å². The summed E-state index contributed by atoms with van der Waals surface area (Å²) in [5, 5.41) is 2.48. The molecule has 1 amide bonds. The molecule has 0 saturated heterocycles. The largest absolute Gasteiger partial charge is 0.452 e. The molecule has 0 aliphatic heterocycles. The molecule has 108 valence electrons. The van der Waals surface area contributed by atoms with E-state index in [0.717, 1.165) is 0 Å². The first-order chi connectivity index (χ1) is 10.1. The molecule has 0 saturated carbocycles. The lowest BCUT2D eigenvalue weighted by atomic mass is 10.2. The van der Waals surface area contributed by atoms with Crippen molar-refractivity contribution in [3.05, 3.63) is 59.9 Å². The Labute approximate surface area is 120 Å². The van der Waals surface area contributed by atoms with Crippen molar-refractivity contribution < 1.29 is 18.7 Å². The summed E-state index contributed by atoms with van der Waals surface area (Å²) in [6, 6.07) is 11.6. The summed E-state index contributed by atoms with van der Waals surface area (Å²) in [6.45, 7) is -0.454. The van der Waals surface area contributed by atoms with Crippen LogP contribution in [-0.4, -0.2) is 18.5 Å². The second-order valence-electron chi connectivity index (χ2n) is 4.22. The van der Waals surface area contributed by atoms with Crippen LogP contribution in [0.25, 0.3) is 0 Å². The molecule has 0 unspecified atom stereocenters. The number of carbonyl (C=O) groups is 2. The number of nitrogen functional groups attached to an aromatic ring is 1. The van der Waals surface area contributed by atoms with Crippen LogP contribution < -0.4 is 11.1 Å². The minimum atomic E-state index is -0.678. The SMILES string of the molecule is Nc1ccccc1C(=O)OCC(=O)Nc1ccc(F)cc1. The average Bonchev–Trinajstić information content (AvgIpc) is 2.48. The average molecular weight is 288 g/mol. The zero-order valence-corrected chi connectivity index (χ0v) is 11.0. The maximum absolute atomic E-state index is 12.7. The van der Waals surface area contributed by atoms with Crippen molar-refractivity contribution in [3.8, 4) is 0 Å². The number of nitrogens with one attached hydrogen (secondary N) is 1. The van der Waals surface area contributed by atoms with E-state index in [-0.39, 0.29) is 11.3 Å². The van der Waals surface area contributed by atoms with Crippen LogP contribution in [0.2, 0.25) is 0 Å². The van der Waals surface area contributed by atoms with Gasteiger partial charge in [0.05, 0.1) is 5.56 Å². The number of esters is 1. The van der Waals surface area contributed by atoms with Crippen LogP contribution in [0.15, 0.2) is 48.5 Å². The predicted octanol–water partition coefficient (Wildman–Crippen LogP) is 2.20. The topological polar surface area (TPSA) is 81.4 Å². The molecule has 2 rings (SSSR count). The number of nitrogens with two attached hydrogens (primary N) is 1. The quantitative estimate of drug-likeness (QED) is 0.667. The van der Waals surface area contributed by atoms with Crippen molar-refractivity contribution in [1.29, 1.82) is 0 Å². The van der Waals surface area contributed by atoms with Crippen molar-refractivity contribution in [2.24, 2.45) is 0 Å². The van der Waals surface area contributed by atoms with Crippen LogP contribution in [0.4, 0.5) is 15.8 Å². The molecule has 3 N–H and O–H groups in total. The van der Waals surface area contributed by atoms with Gasteiger partial charge in [0.1, 0.15) is 5.82 Å². The number of carbonyl (C=O) groups excluding carboxylic acids is 2. The second kappa shape index (κ2) is 6.51. The number of para-hydroxylation sites is 1. The normalized spacial score (nSPS) is 9.95. The van der Waals surface area contributed by atoms with E-state index in [1.807, 2.05) is 0 Å². The first-order valence-corrected chi connectivity index (χ1v) is 6.13. The Hall–Kier alpha value is -2.89. The first kappa shape index (κ1) is 14.5. The Bertz CT molecular complexity index is 656. The van der Waals surface area contributed by atoms with Gasteiger partial charge in [-0.3, -0.25) is 4.79 Å². The van der Waals surface area contributed by atoms with Crippen LogP contribution >= 0.6 is 0 Å². The van der Waals surface area contributed by atoms with E-state index in [1.54, 1.807) is 18.2 Å². The Morgan fingerprint density at radius 3 is 2.43 bits per heavy atom. The Morgan fingerprint density at radius 2 is 1.76 bits per heavy atom. The third kappa shape index (κ3) is 4.04. The zero-order chi connectivity index (χ0) is 15.2. The maximum atomic E-state index is 12.7. The van der Waals surface area contributed by atoms with Gasteiger partial charge in [-0.05, 0) is 36.4 Å². The molecular weight excluding hydrogens is 275 g/mol. The van der Waals surface area contributed by atoms with Crippen LogP contribution in [-0.2, 0) is 9.53 Å². The molecule has 0 aliphatic carbocycles. The summed E-state index contributed by atoms with van der Waals surface area (Å²) in [6.07, 6.45) is 0. The smallest absolute Gasteiger partial charge is 0.340 e. The lowest BCUT2D eigenvalue weighted by Gasteiger charge is -2.07. The standard InChI is InChI=1S/C15H13FN2O3/c16-10-5-7-11(8-6-10)18-14(19)9-21-15(20)12-3-1-2-4-13(12)17/h1-8H,9,17H2,(H,18,19). The van der Waals surface area contributed by atoms with Crippen molar-refractivity contribution in [2.75, 3.05) is 17.7 Å². The molecule has 0 heterocycles. The zero-order valence-electron chi connectivity index (χ0n) is 11.0. The van der Waals surface area contributed by atoms with Gasteiger partial charge < -0.3 is 15.8 Å². The number of anilines is 2. The lowest BCUT2D eigenvalue weighted by molar-refractivity contribution is -0.119. The number of hydrogen-bond donors (Lipinski definition) is 2. The Kier molecular flexibility index (Phi) is 4.50. The van der Waals surface area contributed by atoms with E-state index in [4.69, 9.17) is 10.5 Å². The van der Waals surface area contributed by atoms with Gasteiger partial charge >= 0.3 is 5.97 Å². The summed E-state index contributed by atoms with van der Waals surface area (Å²) in [5.74, 6) is -1.61. The maximum Gasteiger partial charge on any atom is 0.340 e. The van der Waals surface area contributed by atoms with Crippen molar-refractivity contribution >= 4 is 23.3 Å². The summed E-state index contributed by atoms with van der Waals surface area (Å²) in [7, 11) is 0. The van der Waals surface area contributed by atoms with E-state index in [1.165, 1.54) is 30.3 Å². The molecule has 0 aliphatic rings. The molecule has 21 heavy (non-hydrogen) atoms. The highest BCUT2D eigenvalue weighted by Crippen LogP contribution is 2.12. The van der Waals surface area contributed by atoms with Gasteiger partial charge in [0.2, 0.25) is 0 Å². The molecule has 0 atom stereocenters. The molecule has 0 fully saturated rings. The summed E-state index contributed by atoms with van der Waals surface area (Å²) in [4.78, 5) is 23.3.